The molecule has 0 bridgehead atoms. The van der Waals surface area contributed by atoms with Gasteiger partial charge in [0, 0.05) is 0 Å². The molecule has 0 rings (SSSR count). The van der Waals surface area contributed by atoms with Crippen LogP contribution in [0.3, 0.4) is 0 Å². The quantitative estimate of drug-likeness (QED) is 0.230. The lowest BCUT2D eigenvalue weighted by Crippen LogP contribution is -2.12. The van der Waals surface area contributed by atoms with Crippen molar-refractivity contribution in [1.29, 1.82) is 15.8 Å². The molecule has 0 unspecified atom stereocenters. The minimum Gasteiger partial charge on any atom is -0.442 e. The second kappa shape index (κ2) is 9.21. The SMILES string of the molecule is N#CC(O)C#N.N#COB(O)O. The molecule has 3 N–H and O–H groups in total. The molecule has 0 aliphatic carbocycles. The van der Waals surface area contributed by atoms with Crippen LogP contribution in [-0.2, 0) is 4.65 Å². The van der Waals surface area contributed by atoms with E-state index in [4.69, 9.17) is 30.9 Å². The van der Waals surface area contributed by atoms with Crippen LogP contribution < -0.4 is 0 Å². The zero-order valence-corrected chi connectivity index (χ0v) is 5.75. The number of hydrogen-bond donors (Lipinski definition) is 3. The van der Waals surface area contributed by atoms with E-state index in [9.17, 15) is 0 Å². The number of nitriles is 3. The van der Waals surface area contributed by atoms with E-state index in [2.05, 4.69) is 4.65 Å². The molecular weight excluding hydrogens is 165 g/mol. The summed E-state index contributed by atoms with van der Waals surface area (Å²) in [7, 11) is -1.96. The van der Waals surface area contributed by atoms with Gasteiger partial charge in [-0.05, 0) is 0 Å². The van der Waals surface area contributed by atoms with Crippen molar-refractivity contribution in [2.24, 2.45) is 0 Å². The zero-order chi connectivity index (χ0) is 9.98. The van der Waals surface area contributed by atoms with Gasteiger partial charge in [0.1, 0.15) is 12.1 Å². The third-order valence-electron chi connectivity index (χ3n) is 0.403. The van der Waals surface area contributed by atoms with Crippen LogP contribution in [0, 0.1) is 34.2 Å². The van der Waals surface area contributed by atoms with Gasteiger partial charge in [0.05, 0.1) is 0 Å². The van der Waals surface area contributed by atoms with E-state index in [1.807, 2.05) is 0 Å². The van der Waals surface area contributed by atoms with Crippen molar-refractivity contribution in [3.05, 3.63) is 0 Å². The number of aliphatic hydroxyl groups excluding tert-OH is 1. The van der Waals surface area contributed by atoms with Gasteiger partial charge < -0.3 is 19.8 Å². The Hall–Kier alpha value is -1.79. The second-order valence-corrected chi connectivity index (χ2v) is 1.20. The number of aliphatic hydroxyl groups is 1. The first kappa shape index (κ1) is 12.9. The Bertz CT molecular complexity index is 210. The highest BCUT2D eigenvalue weighted by Crippen LogP contribution is 1.67. The van der Waals surface area contributed by atoms with Crippen molar-refractivity contribution < 1.29 is 19.8 Å². The fourth-order valence-electron chi connectivity index (χ4n) is 0.0760. The first-order valence-electron chi connectivity index (χ1n) is 2.46. The van der Waals surface area contributed by atoms with Gasteiger partial charge in [0.15, 0.2) is 0 Å². The summed E-state index contributed by atoms with van der Waals surface area (Å²) in [4.78, 5) is 0. The van der Waals surface area contributed by atoms with E-state index < -0.39 is 13.4 Å². The van der Waals surface area contributed by atoms with Crippen LogP contribution in [0.2, 0.25) is 0 Å². The number of rotatable bonds is 1. The van der Waals surface area contributed by atoms with Crippen molar-refractivity contribution in [1.82, 2.24) is 0 Å². The molecule has 0 radical (unpaired) electrons. The maximum absolute atomic E-state index is 7.94. The van der Waals surface area contributed by atoms with E-state index in [1.165, 1.54) is 12.1 Å². The molecule has 0 saturated heterocycles. The zero-order valence-electron chi connectivity index (χ0n) is 5.75. The summed E-state index contributed by atoms with van der Waals surface area (Å²) < 4.78 is 3.46. The summed E-state index contributed by atoms with van der Waals surface area (Å²) in [6.07, 6.45) is -0.387. The molecule has 12 heavy (non-hydrogen) atoms. The smallest absolute Gasteiger partial charge is 0.442 e. The van der Waals surface area contributed by atoms with Gasteiger partial charge >= 0.3 is 7.32 Å². The Kier molecular flexibility index (Phi) is 9.87. The van der Waals surface area contributed by atoms with Crippen LogP contribution in [-0.4, -0.2) is 28.6 Å². The Balaban J connectivity index is 0. The van der Waals surface area contributed by atoms with Crippen LogP contribution >= 0.6 is 0 Å². The van der Waals surface area contributed by atoms with Crippen LogP contribution in [0.25, 0.3) is 0 Å². The van der Waals surface area contributed by atoms with Gasteiger partial charge in [0.25, 0.3) is 6.26 Å². The normalized spacial score (nSPS) is 6.42. The maximum atomic E-state index is 7.94. The monoisotopic (exact) mass is 169 g/mol. The molecule has 0 aromatic carbocycles. The average molecular weight is 169 g/mol. The average Bonchev–Trinajstić information content (AvgIpc) is 2.04. The summed E-state index contributed by atoms with van der Waals surface area (Å²) in [5.74, 6) is 0. The van der Waals surface area contributed by atoms with E-state index >= 15 is 0 Å². The van der Waals surface area contributed by atoms with Gasteiger partial charge in [-0.25, -0.2) is 0 Å². The molecular formula is C4H4BN3O4. The molecule has 0 atom stereocenters. The van der Waals surface area contributed by atoms with Gasteiger partial charge in [-0.15, -0.1) is 0 Å². The second-order valence-electron chi connectivity index (χ2n) is 1.20. The molecule has 7 nitrogen and oxygen atoms in total. The fourth-order valence-corrected chi connectivity index (χ4v) is 0.0760. The van der Waals surface area contributed by atoms with Crippen molar-refractivity contribution in [2.45, 2.75) is 6.10 Å². The highest BCUT2D eigenvalue weighted by Gasteiger charge is 2.06. The number of nitrogens with zero attached hydrogens (tertiary/aromatic N) is 3. The van der Waals surface area contributed by atoms with Crippen molar-refractivity contribution in [2.75, 3.05) is 0 Å². The minimum absolute atomic E-state index is 1.07. The highest BCUT2D eigenvalue weighted by atomic mass is 16.6. The standard InChI is InChI=1S/C3H2N2O.CH2BNO3/c4-1-3(6)2-5;3-1-6-2(4)5/h3,6H;4-5H. The fraction of sp³-hybridized carbons (Fsp3) is 0.250. The van der Waals surface area contributed by atoms with Gasteiger partial charge in [0.2, 0.25) is 6.10 Å². The first-order chi connectivity index (χ1) is 5.58. The molecule has 0 saturated carbocycles. The molecule has 0 aliphatic rings. The lowest BCUT2D eigenvalue weighted by atomic mass is 10.3. The lowest BCUT2D eigenvalue weighted by Gasteiger charge is -1.83. The Morgan fingerprint density at radius 3 is 1.58 bits per heavy atom. The lowest BCUT2D eigenvalue weighted by molar-refractivity contribution is 0.267. The Morgan fingerprint density at radius 1 is 1.17 bits per heavy atom. The molecule has 0 aromatic heterocycles. The predicted molar refractivity (Wildman–Crippen MR) is 34.1 cm³/mol. The highest BCUT2D eigenvalue weighted by molar-refractivity contribution is 6.33. The van der Waals surface area contributed by atoms with Crippen LogP contribution in [0.15, 0.2) is 0 Å². The molecule has 0 heterocycles. The largest absolute Gasteiger partial charge is 0.717 e. The first-order valence-corrected chi connectivity index (χ1v) is 2.46. The van der Waals surface area contributed by atoms with Crippen LogP contribution in [0.1, 0.15) is 0 Å². The summed E-state index contributed by atoms with van der Waals surface area (Å²) >= 11 is 0. The van der Waals surface area contributed by atoms with Gasteiger partial charge in [-0.2, -0.15) is 15.8 Å². The summed E-state index contributed by atoms with van der Waals surface area (Å²) in [5.41, 5.74) is 0. The van der Waals surface area contributed by atoms with E-state index in [0.717, 1.165) is 6.26 Å². The minimum atomic E-state index is -1.96. The van der Waals surface area contributed by atoms with Crippen molar-refractivity contribution in [3.63, 3.8) is 0 Å². The summed E-state index contributed by atoms with van der Waals surface area (Å²) in [6.45, 7) is 0. The molecule has 0 aliphatic heterocycles. The Morgan fingerprint density at radius 2 is 1.58 bits per heavy atom. The van der Waals surface area contributed by atoms with Crippen LogP contribution in [0.5, 0.6) is 0 Å². The third-order valence-corrected chi connectivity index (χ3v) is 0.403. The van der Waals surface area contributed by atoms with Crippen molar-refractivity contribution >= 4 is 7.32 Å². The molecule has 0 fully saturated rings. The van der Waals surface area contributed by atoms with Gasteiger partial charge in [-0.3, -0.25) is 0 Å². The molecule has 0 aromatic rings. The number of hydrogen-bond acceptors (Lipinski definition) is 7. The molecule has 62 valence electrons. The van der Waals surface area contributed by atoms with E-state index in [0.29, 0.717) is 0 Å². The van der Waals surface area contributed by atoms with Crippen molar-refractivity contribution in [3.8, 4) is 18.4 Å². The maximum Gasteiger partial charge on any atom is 0.717 e. The van der Waals surface area contributed by atoms with E-state index in [-0.39, 0.29) is 0 Å². The molecule has 8 heteroatoms. The topological polar surface area (TPSA) is 141 Å². The van der Waals surface area contributed by atoms with Crippen LogP contribution in [0.4, 0.5) is 0 Å². The van der Waals surface area contributed by atoms with E-state index in [1.54, 1.807) is 0 Å². The summed E-state index contributed by atoms with van der Waals surface area (Å²) in [6, 6.07) is 2.62. The summed E-state index contributed by atoms with van der Waals surface area (Å²) in [5, 5.41) is 45.9. The Labute approximate surface area is 68.4 Å². The molecule has 0 amide bonds. The third kappa shape index (κ3) is 15.7. The predicted octanol–water partition coefficient (Wildman–Crippen LogP) is -2.15. The van der Waals surface area contributed by atoms with Gasteiger partial charge in [-0.1, -0.05) is 0 Å². The molecule has 0 spiro atoms.